The Labute approximate surface area is 142 Å². The molecule has 24 heavy (non-hydrogen) atoms. The first kappa shape index (κ1) is 17.2. The molecule has 2 aliphatic rings. The lowest BCUT2D eigenvalue weighted by Crippen LogP contribution is -2.34. The van der Waals surface area contributed by atoms with Gasteiger partial charge >= 0.3 is 0 Å². The summed E-state index contributed by atoms with van der Waals surface area (Å²) in [5, 5.41) is 0. The maximum absolute atomic E-state index is 13.6. The fraction of sp³-hybridized carbons (Fsp3) is 0.444. The molecule has 3 rings (SSSR count). The van der Waals surface area contributed by atoms with Crippen LogP contribution in [0.4, 0.5) is 4.39 Å². The highest BCUT2D eigenvalue weighted by molar-refractivity contribution is 7.89. The molecule has 1 fully saturated rings. The highest BCUT2D eigenvalue weighted by atomic mass is 32.2. The number of fused-ring (bicyclic) bond motifs is 1. The zero-order valence-corrected chi connectivity index (χ0v) is 14.8. The van der Waals surface area contributed by atoms with E-state index in [9.17, 15) is 12.8 Å². The summed E-state index contributed by atoms with van der Waals surface area (Å²) in [6.45, 7) is 4.61. The number of nitrogens with zero attached hydrogens (tertiary/aromatic N) is 1. The minimum atomic E-state index is -3.77. The first-order valence-electron chi connectivity index (χ1n) is 8.22. The lowest BCUT2D eigenvalue weighted by molar-refractivity contribution is 0.217. The van der Waals surface area contributed by atoms with Crippen molar-refractivity contribution in [3.05, 3.63) is 53.1 Å². The molecule has 0 aromatic heterocycles. The van der Waals surface area contributed by atoms with Crippen molar-refractivity contribution >= 4 is 10.0 Å². The van der Waals surface area contributed by atoms with Crippen molar-refractivity contribution in [2.45, 2.75) is 31.6 Å². The van der Waals surface area contributed by atoms with Crippen molar-refractivity contribution in [2.75, 3.05) is 19.7 Å². The topological polar surface area (TPSA) is 46.6 Å². The Morgan fingerprint density at radius 1 is 1.38 bits per heavy atom. The zero-order chi connectivity index (χ0) is 17.3. The highest BCUT2D eigenvalue weighted by Gasteiger charge is 2.31. The number of hydrogen-bond donors (Lipinski definition) is 0. The molecule has 0 spiro atoms. The Bertz CT molecular complexity index is 798. The van der Waals surface area contributed by atoms with Crippen molar-refractivity contribution in [3.63, 3.8) is 0 Å². The Balaban J connectivity index is 1.95. The van der Waals surface area contributed by atoms with Gasteiger partial charge in [0.25, 0.3) is 0 Å². The number of hydrogen-bond acceptors (Lipinski definition) is 3. The van der Waals surface area contributed by atoms with Crippen molar-refractivity contribution in [3.8, 4) is 0 Å². The van der Waals surface area contributed by atoms with Gasteiger partial charge in [0.2, 0.25) is 10.0 Å². The highest BCUT2D eigenvalue weighted by Crippen LogP contribution is 2.30. The van der Waals surface area contributed by atoms with Gasteiger partial charge < -0.3 is 4.74 Å². The molecule has 0 radical (unpaired) electrons. The van der Waals surface area contributed by atoms with Crippen LogP contribution in [0.3, 0.4) is 0 Å². The predicted octanol–water partition coefficient (Wildman–Crippen LogP) is 3.40. The van der Waals surface area contributed by atoms with Crippen LogP contribution in [0.5, 0.6) is 0 Å². The summed E-state index contributed by atoms with van der Waals surface area (Å²) in [5.41, 5.74) is 1.45. The van der Waals surface area contributed by atoms with Gasteiger partial charge in [-0.15, -0.1) is 0 Å². The van der Waals surface area contributed by atoms with Crippen LogP contribution in [-0.4, -0.2) is 32.4 Å². The third-order valence-electron chi connectivity index (χ3n) is 4.60. The van der Waals surface area contributed by atoms with E-state index in [0.717, 1.165) is 30.2 Å². The standard InChI is InChI=1S/C18H22FNO3S/c1-3-14-5-7-17-15(10-14)12-20(8-9-23-17)24(21,22)18-11-16(19)6-4-13(18)2/h4,6-7,10-11,14H,3,5,8-9,12H2,1-2H3. The summed E-state index contributed by atoms with van der Waals surface area (Å²) < 4.78 is 46.7. The number of rotatable bonds is 3. The number of sulfonamides is 1. The van der Waals surface area contributed by atoms with Gasteiger partial charge in [-0.2, -0.15) is 4.31 Å². The summed E-state index contributed by atoms with van der Waals surface area (Å²) in [5.74, 6) is 0.646. The summed E-state index contributed by atoms with van der Waals surface area (Å²) in [6.07, 6.45) is 6.09. The minimum absolute atomic E-state index is 0.0263. The SMILES string of the molecule is CCC1C=C2CN(S(=O)(=O)c3cc(F)ccc3C)CCOC2=CC1. The molecule has 4 nitrogen and oxygen atoms in total. The third-order valence-corrected chi connectivity index (χ3v) is 6.58. The molecule has 0 saturated carbocycles. The van der Waals surface area contributed by atoms with E-state index < -0.39 is 15.8 Å². The molecule has 1 heterocycles. The van der Waals surface area contributed by atoms with Gasteiger partial charge in [-0.3, -0.25) is 0 Å². The summed E-state index contributed by atoms with van der Waals surface area (Å²) in [7, 11) is -3.77. The molecule has 6 heteroatoms. The maximum atomic E-state index is 13.6. The molecule has 1 atom stereocenters. The van der Waals surface area contributed by atoms with E-state index in [1.54, 1.807) is 6.92 Å². The van der Waals surface area contributed by atoms with Gasteiger partial charge in [0.05, 0.1) is 4.90 Å². The first-order chi connectivity index (χ1) is 11.4. The van der Waals surface area contributed by atoms with Crippen molar-refractivity contribution < 1.29 is 17.5 Å². The van der Waals surface area contributed by atoms with Crippen LogP contribution in [0.25, 0.3) is 0 Å². The van der Waals surface area contributed by atoms with Crippen LogP contribution >= 0.6 is 0 Å². The van der Waals surface area contributed by atoms with Crippen LogP contribution < -0.4 is 0 Å². The Kier molecular flexibility index (Phi) is 4.78. The van der Waals surface area contributed by atoms with E-state index in [4.69, 9.17) is 4.74 Å². The molecule has 1 aliphatic heterocycles. The molecular weight excluding hydrogens is 329 g/mol. The number of ether oxygens (including phenoxy) is 1. The smallest absolute Gasteiger partial charge is 0.243 e. The van der Waals surface area contributed by atoms with Crippen molar-refractivity contribution in [1.82, 2.24) is 4.31 Å². The molecule has 1 aromatic rings. The number of halogens is 1. The summed E-state index contributed by atoms with van der Waals surface area (Å²) in [4.78, 5) is 0.0263. The number of allylic oxidation sites excluding steroid dienone is 2. The molecule has 0 bridgehead atoms. The second-order valence-corrected chi connectivity index (χ2v) is 8.17. The zero-order valence-electron chi connectivity index (χ0n) is 14.0. The fourth-order valence-corrected chi connectivity index (χ4v) is 4.75. The van der Waals surface area contributed by atoms with Crippen LogP contribution in [0.1, 0.15) is 25.3 Å². The Morgan fingerprint density at radius 3 is 2.92 bits per heavy atom. The summed E-state index contributed by atoms with van der Waals surface area (Å²) in [6, 6.07) is 3.86. The molecule has 1 aromatic carbocycles. The predicted molar refractivity (Wildman–Crippen MR) is 90.4 cm³/mol. The molecular formula is C18H22FNO3S. The van der Waals surface area contributed by atoms with Gasteiger partial charge in [0, 0.05) is 18.7 Å². The van der Waals surface area contributed by atoms with Gasteiger partial charge in [0.1, 0.15) is 18.2 Å². The normalized spacial score (nSPS) is 22.0. The fourth-order valence-electron chi connectivity index (χ4n) is 3.11. The largest absolute Gasteiger partial charge is 0.492 e. The van der Waals surface area contributed by atoms with Crippen molar-refractivity contribution in [2.24, 2.45) is 5.92 Å². The minimum Gasteiger partial charge on any atom is -0.492 e. The van der Waals surface area contributed by atoms with Crippen LogP contribution in [0, 0.1) is 18.7 Å². The second-order valence-electron chi connectivity index (χ2n) is 6.26. The average Bonchev–Trinajstić information content (AvgIpc) is 2.78. The van der Waals surface area contributed by atoms with Crippen LogP contribution in [0.15, 0.2) is 46.6 Å². The van der Waals surface area contributed by atoms with Gasteiger partial charge in [-0.25, -0.2) is 12.8 Å². The monoisotopic (exact) mass is 351 g/mol. The average molecular weight is 351 g/mol. The lowest BCUT2D eigenvalue weighted by atomic mass is 9.93. The number of benzene rings is 1. The quantitative estimate of drug-likeness (QED) is 0.838. The van der Waals surface area contributed by atoms with Crippen LogP contribution in [-0.2, 0) is 14.8 Å². The molecule has 1 unspecified atom stereocenters. The van der Waals surface area contributed by atoms with Crippen LogP contribution in [0.2, 0.25) is 0 Å². The molecule has 130 valence electrons. The van der Waals surface area contributed by atoms with E-state index >= 15 is 0 Å². The van der Waals surface area contributed by atoms with Gasteiger partial charge in [0.15, 0.2) is 0 Å². The molecule has 1 saturated heterocycles. The molecule has 0 amide bonds. The molecule has 1 aliphatic carbocycles. The molecule has 0 N–H and O–H groups in total. The van der Waals surface area contributed by atoms with Gasteiger partial charge in [-0.1, -0.05) is 19.1 Å². The lowest BCUT2D eigenvalue weighted by Gasteiger charge is -2.23. The maximum Gasteiger partial charge on any atom is 0.243 e. The summed E-state index contributed by atoms with van der Waals surface area (Å²) >= 11 is 0. The Hall–Kier alpha value is -1.66. The first-order valence-corrected chi connectivity index (χ1v) is 9.66. The Morgan fingerprint density at radius 2 is 2.17 bits per heavy atom. The number of aryl methyl sites for hydroxylation is 1. The van der Waals surface area contributed by atoms with E-state index in [1.165, 1.54) is 16.4 Å². The second kappa shape index (κ2) is 6.69. The van der Waals surface area contributed by atoms with E-state index in [-0.39, 0.29) is 18.0 Å². The van der Waals surface area contributed by atoms with E-state index in [1.807, 2.05) is 6.08 Å². The third kappa shape index (κ3) is 3.26. The van der Waals surface area contributed by atoms with Gasteiger partial charge in [-0.05, 0) is 49.5 Å². The van der Waals surface area contributed by atoms with Crippen molar-refractivity contribution in [1.29, 1.82) is 0 Å². The van der Waals surface area contributed by atoms with E-state index in [2.05, 4.69) is 13.0 Å². The van der Waals surface area contributed by atoms with E-state index in [0.29, 0.717) is 18.1 Å².